The molecular weight excluding hydrogens is 234 g/mol. The molecule has 0 heterocycles. The van der Waals surface area contributed by atoms with Crippen LogP contribution in [-0.4, -0.2) is 27.3 Å². The molecule has 1 rings (SSSR count). The number of likely N-dealkylation sites (N-methyl/N-ethyl adjacent to an activating group) is 1. The predicted octanol–water partition coefficient (Wildman–Crippen LogP) is 3.55. The van der Waals surface area contributed by atoms with Crippen LogP contribution in [0, 0.1) is 13.8 Å². The van der Waals surface area contributed by atoms with E-state index in [4.69, 9.17) is 4.74 Å². The van der Waals surface area contributed by atoms with Crippen LogP contribution >= 0.6 is 0 Å². The molecule has 2 nitrogen and oxygen atoms in total. The second-order valence-corrected chi connectivity index (χ2v) is 6.48. The van der Waals surface area contributed by atoms with E-state index in [-0.39, 0.29) is 5.41 Å². The van der Waals surface area contributed by atoms with Gasteiger partial charge in [-0.25, -0.2) is 0 Å². The number of aryl methyl sites for hydroxylation is 2. The van der Waals surface area contributed by atoms with E-state index in [1.165, 1.54) is 22.3 Å². The number of ether oxygens (including phenoxy) is 1. The molecule has 0 saturated heterocycles. The van der Waals surface area contributed by atoms with Crippen molar-refractivity contribution in [2.75, 3.05) is 27.3 Å². The third kappa shape index (κ3) is 4.05. The standard InChI is InChI=1S/C17H29NO/c1-12-8-15(17(3,4)5)9-13(2)16(12)14(10-18-6)11-19-7/h8-9,14,18H,10-11H2,1-7H3. The Morgan fingerprint density at radius 1 is 1.16 bits per heavy atom. The van der Waals surface area contributed by atoms with Crippen molar-refractivity contribution >= 4 is 0 Å². The fraction of sp³-hybridized carbons (Fsp3) is 0.647. The first-order valence-corrected chi connectivity index (χ1v) is 7.06. The summed E-state index contributed by atoms with van der Waals surface area (Å²) < 4.78 is 5.38. The molecule has 0 amide bonds. The van der Waals surface area contributed by atoms with Gasteiger partial charge in [-0.1, -0.05) is 32.9 Å². The fourth-order valence-electron chi connectivity index (χ4n) is 2.74. The Morgan fingerprint density at radius 3 is 2.05 bits per heavy atom. The summed E-state index contributed by atoms with van der Waals surface area (Å²) >= 11 is 0. The molecule has 0 aliphatic rings. The van der Waals surface area contributed by atoms with Gasteiger partial charge in [0.1, 0.15) is 0 Å². The van der Waals surface area contributed by atoms with Crippen LogP contribution in [0.25, 0.3) is 0 Å². The van der Waals surface area contributed by atoms with Crippen LogP contribution in [0.4, 0.5) is 0 Å². The van der Waals surface area contributed by atoms with Gasteiger partial charge in [-0.2, -0.15) is 0 Å². The van der Waals surface area contributed by atoms with E-state index in [9.17, 15) is 0 Å². The molecule has 0 aliphatic carbocycles. The lowest BCUT2D eigenvalue weighted by Gasteiger charge is -2.26. The van der Waals surface area contributed by atoms with E-state index in [0.717, 1.165) is 13.2 Å². The molecule has 0 radical (unpaired) electrons. The number of nitrogens with one attached hydrogen (secondary N) is 1. The monoisotopic (exact) mass is 263 g/mol. The molecule has 1 atom stereocenters. The minimum Gasteiger partial charge on any atom is -0.384 e. The Balaban J connectivity index is 3.21. The average Bonchev–Trinajstić information content (AvgIpc) is 2.27. The van der Waals surface area contributed by atoms with Crippen molar-refractivity contribution in [1.82, 2.24) is 5.32 Å². The Labute approximate surface area is 118 Å². The number of hydrogen-bond donors (Lipinski definition) is 1. The topological polar surface area (TPSA) is 21.3 Å². The smallest absolute Gasteiger partial charge is 0.0543 e. The van der Waals surface area contributed by atoms with Crippen molar-refractivity contribution in [1.29, 1.82) is 0 Å². The molecule has 0 saturated carbocycles. The minimum absolute atomic E-state index is 0.202. The summed E-state index contributed by atoms with van der Waals surface area (Å²) in [6, 6.07) is 4.67. The van der Waals surface area contributed by atoms with Gasteiger partial charge in [0, 0.05) is 19.6 Å². The lowest BCUT2D eigenvalue weighted by molar-refractivity contribution is 0.178. The van der Waals surface area contributed by atoms with Gasteiger partial charge in [0.2, 0.25) is 0 Å². The van der Waals surface area contributed by atoms with Gasteiger partial charge in [-0.3, -0.25) is 0 Å². The van der Waals surface area contributed by atoms with Gasteiger partial charge in [-0.05, 0) is 48.6 Å². The van der Waals surface area contributed by atoms with Crippen molar-refractivity contribution < 1.29 is 4.74 Å². The SMILES string of the molecule is CNCC(COC)c1c(C)cc(C(C)(C)C)cc1C. The molecule has 0 aliphatic heterocycles. The van der Waals surface area contributed by atoms with E-state index in [1.807, 2.05) is 7.05 Å². The lowest BCUT2D eigenvalue weighted by atomic mass is 9.81. The fourth-order valence-corrected chi connectivity index (χ4v) is 2.74. The molecule has 0 bridgehead atoms. The molecule has 0 fully saturated rings. The quantitative estimate of drug-likeness (QED) is 0.877. The summed E-state index contributed by atoms with van der Waals surface area (Å²) in [6.07, 6.45) is 0. The Hall–Kier alpha value is -0.860. The molecule has 1 aromatic carbocycles. The predicted molar refractivity (Wildman–Crippen MR) is 83.2 cm³/mol. The molecule has 1 unspecified atom stereocenters. The maximum atomic E-state index is 5.38. The summed E-state index contributed by atoms with van der Waals surface area (Å²) in [6.45, 7) is 12.9. The minimum atomic E-state index is 0.202. The van der Waals surface area contributed by atoms with Crippen LogP contribution in [0.3, 0.4) is 0 Å². The van der Waals surface area contributed by atoms with Crippen LogP contribution < -0.4 is 5.32 Å². The molecule has 108 valence electrons. The molecule has 19 heavy (non-hydrogen) atoms. The first-order valence-electron chi connectivity index (χ1n) is 7.06. The van der Waals surface area contributed by atoms with Gasteiger partial charge in [0.25, 0.3) is 0 Å². The van der Waals surface area contributed by atoms with Crippen molar-refractivity contribution in [3.05, 3.63) is 34.4 Å². The molecule has 0 spiro atoms. The molecule has 1 aromatic rings. The van der Waals surface area contributed by atoms with Crippen LogP contribution in [0.1, 0.15) is 48.9 Å². The first-order chi connectivity index (χ1) is 8.81. The highest BCUT2D eigenvalue weighted by molar-refractivity contribution is 5.42. The molecule has 0 aromatic heterocycles. The van der Waals surface area contributed by atoms with E-state index in [1.54, 1.807) is 7.11 Å². The number of rotatable bonds is 5. The van der Waals surface area contributed by atoms with Crippen molar-refractivity contribution in [2.24, 2.45) is 0 Å². The summed E-state index contributed by atoms with van der Waals surface area (Å²) in [5.74, 6) is 0.420. The van der Waals surface area contributed by atoms with Gasteiger partial charge >= 0.3 is 0 Å². The highest BCUT2D eigenvalue weighted by atomic mass is 16.5. The Morgan fingerprint density at radius 2 is 1.68 bits per heavy atom. The zero-order chi connectivity index (χ0) is 14.6. The van der Waals surface area contributed by atoms with Gasteiger partial charge in [0.15, 0.2) is 0 Å². The van der Waals surface area contributed by atoms with E-state index >= 15 is 0 Å². The van der Waals surface area contributed by atoms with Crippen LogP contribution in [0.2, 0.25) is 0 Å². The van der Waals surface area contributed by atoms with Crippen LogP contribution in [0.15, 0.2) is 12.1 Å². The molecular formula is C17H29NO. The van der Waals surface area contributed by atoms with E-state index < -0.39 is 0 Å². The Kier molecular flexibility index (Phi) is 5.57. The van der Waals surface area contributed by atoms with Crippen LogP contribution in [-0.2, 0) is 10.2 Å². The third-order valence-corrected chi connectivity index (χ3v) is 3.69. The van der Waals surface area contributed by atoms with Gasteiger partial charge in [-0.15, -0.1) is 0 Å². The van der Waals surface area contributed by atoms with E-state index in [2.05, 4.69) is 52.1 Å². The normalized spacial score (nSPS) is 13.6. The second kappa shape index (κ2) is 6.53. The Bertz CT molecular complexity index is 389. The molecule has 1 N–H and O–H groups in total. The summed E-state index contributed by atoms with van der Waals surface area (Å²) in [4.78, 5) is 0. The highest BCUT2D eigenvalue weighted by Crippen LogP contribution is 2.30. The molecule has 2 heteroatoms. The highest BCUT2D eigenvalue weighted by Gasteiger charge is 2.20. The summed E-state index contributed by atoms with van der Waals surface area (Å²) in [7, 11) is 3.77. The number of methoxy groups -OCH3 is 1. The number of hydrogen-bond acceptors (Lipinski definition) is 2. The maximum absolute atomic E-state index is 5.38. The average molecular weight is 263 g/mol. The van der Waals surface area contributed by atoms with E-state index in [0.29, 0.717) is 5.92 Å². The van der Waals surface area contributed by atoms with Gasteiger partial charge < -0.3 is 10.1 Å². The van der Waals surface area contributed by atoms with Crippen molar-refractivity contribution in [3.63, 3.8) is 0 Å². The summed E-state index contributed by atoms with van der Waals surface area (Å²) in [5.41, 5.74) is 5.80. The first kappa shape index (κ1) is 16.2. The number of benzene rings is 1. The largest absolute Gasteiger partial charge is 0.384 e. The van der Waals surface area contributed by atoms with Crippen LogP contribution in [0.5, 0.6) is 0 Å². The summed E-state index contributed by atoms with van der Waals surface area (Å²) in [5, 5.41) is 3.27. The van der Waals surface area contributed by atoms with Crippen molar-refractivity contribution in [2.45, 2.75) is 46.0 Å². The van der Waals surface area contributed by atoms with Crippen molar-refractivity contribution in [3.8, 4) is 0 Å². The maximum Gasteiger partial charge on any atom is 0.0543 e. The zero-order valence-electron chi connectivity index (χ0n) is 13.6. The lowest BCUT2D eigenvalue weighted by Crippen LogP contribution is -2.23. The second-order valence-electron chi connectivity index (χ2n) is 6.48. The van der Waals surface area contributed by atoms with Gasteiger partial charge in [0.05, 0.1) is 6.61 Å². The third-order valence-electron chi connectivity index (χ3n) is 3.69. The zero-order valence-corrected chi connectivity index (χ0v) is 13.6.